The molecule has 2 aromatic rings. The number of ether oxygens (including phenoxy) is 2. The lowest BCUT2D eigenvalue weighted by atomic mass is 10.2. The molecule has 0 saturated heterocycles. The summed E-state index contributed by atoms with van der Waals surface area (Å²) in [5.41, 5.74) is 1.02. The number of hydrogen-bond donors (Lipinski definition) is 1. The maximum atomic E-state index is 12.5. The Labute approximate surface area is 154 Å². The van der Waals surface area contributed by atoms with E-state index in [-0.39, 0.29) is 12.7 Å². The summed E-state index contributed by atoms with van der Waals surface area (Å²) >= 11 is 2.88. The first kappa shape index (κ1) is 17.8. The van der Waals surface area contributed by atoms with Crippen molar-refractivity contribution in [1.29, 1.82) is 0 Å². The third-order valence-corrected chi connectivity index (χ3v) is 5.60. The molecule has 1 aromatic heterocycles. The van der Waals surface area contributed by atoms with Crippen molar-refractivity contribution in [3.63, 3.8) is 0 Å². The molecule has 9 heteroatoms. The van der Waals surface area contributed by atoms with Crippen LogP contribution in [0.25, 0.3) is 0 Å². The van der Waals surface area contributed by atoms with Crippen molar-refractivity contribution in [3.05, 3.63) is 23.8 Å². The summed E-state index contributed by atoms with van der Waals surface area (Å²) in [6.07, 6.45) is 0. The third-order valence-electron chi connectivity index (χ3n) is 3.60. The fourth-order valence-electron chi connectivity index (χ4n) is 2.34. The van der Waals surface area contributed by atoms with E-state index in [4.69, 9.17) is 9.47 Å². The molecule has 1 aliphatic rings. The number of thioether (sulfide) groups is 1. The van der Waals surface area contributed by atoms with Crippen LogP contribution >= 0.6 is 23.1 Å². The predicted octanol–water partition coefficient (Wildman–Crippen LogP) is 2.84. The van der Waals surface area contributed by atoms with Crippen molar-refractivity contribution in [3.8, 4) is 11.5 Å². The van der Waals surface area contributed by atoms with Crippen molar-refractivity contribution < 1.29 is 14.3 Å². The van der Waals surface area contributed by atoms with Crippen molar-refractivity contribution in [2.24, 2.45) is 0 Å². The summed E-state index contributed by atoms with van der Waals surface area (Å²) in [5.74, 6) is 1.91. The minimum absolute atomic E-state index is 0.0744. The minimum atomic E-state index is 0.0744. The Morgan fingerprint density at radius 1 is 1.32 bits per heavy atom. The largest absolute Gasteiger partial charge is 0.454 e. The highest BCUT2D eigenvalue weighted by molar-refractivity contribution is 8.01. The molecule has 0 aliphatic carbocycles. The van der Waals surface area contributed by atoms with Gasteiger partial charge in [-0.1, -0.05) is 29.2 Å². The number of amides is 1. The van der Waals surface area contributed by atoms with Crippen molar-refractivity contribution in [1.82, 2.24) is 15.1 Å². The average molecular weight is 380 g/mol. The minimum Gasteiger partial charge on any atom is -0.454 e. The number of rotatable bonds is 8. The average Bonchev–Trinajstić information content (AvgIpc) is 3.26. The number of nitrogens with zero attached hydrogens (tertiary/aromatic N) is 3. The van der Waals surface area contributed by atoms with Crippen molar-refractivity contribution in [2.45, 2.75) is 24.7 Å². The zero-order chi connectivity index (χ0) is 17.6. The molecular formula is C16H20N4O3S2. The molecule has 0 spiro atoms. The summed E-state index contributed by atoms with van der Waals surface area (Å²) in [7, 11) is 0. The second kappa shape index (κ2) is 8.39. The van der Waals surface area contributed by atoms with Crippen LogP contribution in [0, 0.1) is 0 Å². The Hall–Kier alpha value is -2.00. The van der Waals surface area contributed by atoms with Crippen LogP contribution in [0.15, 0.2) is 22.5 Å². The zero-order valence-electron chi connectivity index (χ0n) is 14.2. The molecular weight excluding hydrogens is 360 g/mol. The first-order chi connectivity index (χ1) is 12.2. The Bertz CT molecular complexity index is 738. The molecule has 25 heavy (non-hydrogen) atoms. The maximum absolute atomic E-state index is 12.5. The van der Waals surface area contributed by atoms with Crippen LogP contribution in [0.3, 0.4) is 0 Å². The van der Waals surface area contributed by atoms with E-state index in [0.29, 0.717) is 18.8 Å². The maximum Gasteiger partial charge on any atom is 0.233 e. The van der Waals surface area contributed by atoms with Gasteiger partial charge in [0.05, 0.1) is 5.75 Å². The molecule has 3 rings (SSSR count). The monoisotopic (exact) mass is 380 g/mol. The highest BCUT2D eigenvalue weighted by atomic mass is 32.2. The van der Waals surface area contributed by atoms with Crippen LogP contribution in [0.4, 0.5) is 5.13 Å². The molecule has 0 unspecified atom stereocenters. The molecule has 1 aromatic carbocycles. The molecule has 1 amide bonds. The number of carbonyl (C=O) groups is 1. The second-order valence-electron chi connectivity index (χ2n) is 5.29. The summed E-state index contributed by atoms with van der Waals surface area (Å²) < 4.78 is 11.5. The lowest BCUT2D eigenvalue weighted by Crippen LogP contribution is -2.31. The van der Waals surface area contributed by atoms with Gasteiger partial charge in [0.15, 0.2) is 15.8 Å². The van der Waals surface area contributed by atoms with E-state index in [9.17, 15) is 4.79 Å². The van der Waals surface area contributed by atoms with Crippen LogP contribution in [-0.2, 0) is 11.3 Å². The topological polar surface area (TPSA) is 76.6 Å². The molecule has 0 radical (unpaired) electrons. The van der Waals surface area contributed by atoms with Crippen LogP contribution in [-0.4, -0.2) is 46.6 Å². The first-order valence-corrected chi connectivity index (χ1v) is 9.86. The van der Waals surface area contributed by atoms with E-state index < -0.39 is 0 Å². The highest BCUT2D eigenvalue weighted by Crippen LogP contribution is 2.33. The Kier molecular flexibility index (Phi) is 5.98. The Balaban J connectivity index is 1.55. The SMILES string of the molecule is CCNc1nnc(SCC(=O)N(CC)Cc2ccc3c(c2)OCO3)s1. The van der Waals surface area contributed by atoms with Gasteiger partial charge in [0, 0.05) is 19.6 Å². The number of carbonyl (C=O) groups excluding carboxylic acids is 1. The van der Waals surface area contributed by atoms with Crippen LogP contribution in [0.5, 0.6) is 11.5 Å². The molecule has 0 fully saturated rings. The van der Waals surface area contributed by atoms with Crippen molar-refractivity contribution >= 4 is 34.1 Å². The molecule has 1 aliphatic heterocycles. The van der Waals surface area contributed by atoms with Gasteiger partial charge >= 0.3 is 0 Å². The third kappa shape index (κ3) is 4.55. The Morgan fingerprint density at radius 2 is 2.16 bits per heavy atom. The number of fused-ring (bicyclic) bond motifs is 1. The van der Waals surface area contributed by atoms with Gasteiger partial charge in [0.2, 0.25) is 17.8 Å². The summed E-state index contributed by atoms with van der Waals surface area (Å²) in [6, 6.07) is 5.77. The standard InChI is InChI=1S/C16H20N4O3S2/c1-3-17-15-18-19-16(25-15)24-9-14(21)20(4-2)8-11-5-6-12-13(7-11)23-10-22-12/h5-7H,3-4,8-10H2,1-2H3,(H,17,18). The number of nitrogens with one attached hydrogen (secondary N) is 1. The van der Waals surface area contributed by atoms with Gasteiger partial charge in [-0.3, -0.25) is 4.79 Å². The normalized spacial score (nSPS) is 12.2. The van der Waals surface area contributed by atoms with Gasteiger partial charge in [-0.25, -0.2) is 0 Å². The summed E-state index contributed by atoms with van der Waals surface area (Å²) in [4.78, 5) is 14.3. The first-order valence-electron chi connectivity index (χ1n) is 8.06. The van der Waals surface area contributed by atoms with E-state index in [2.05, 4.69) is 15.5 Å². The zero-order valence-corrected chi connectivity index (χ0v) is 15.8. The number of hydrogen-bond acceptors (Lipinski definition) is 8. The quantitative estimate of drug-likeness (QED) is 0.706. The van der Waals surface area contributed by atoms with Gasteiger partial charge in [0.1, 0.15) is 0 Å². The lowest BCUT2D eigenvalue weighted by molar-refractivity contribution is -0.128. The molecule has 0 atom stereocenters. The fraction of sp³-hybridized carbons (Fsp3) is 0.438. The van der Waals surface area contributed by atoms with Crippen LogP contribution < -0.4 is 14.8 Å². The summed E-state index contributed by atoms with van der Waals surface area (Å²) in [6.45, 7) is 6.23. The van der Waals surface area contributed by atoms with Gasteiger partial charge in [-0.2, -0.15) is 0 Å². The lowest BCUT2D eigenvalue weighted by Gasteiger charge is -2.20. The molecule has 134 valence electrons. The van der Waals surface area contributed by atoms with Crippen LogP contribution in [0.1, 0.15) is 19.4 Å². The predicted molar refractivity (Wildman–Crippen MR) is 98.5 cm³/mol. The van der Waals surface area contributed by atoms with Gasteiger partial charge < -0.3 is 19.7 Å². The van der Waals surface area contributed by atoms with Crippen LogP contribution in [0.2, 0.25) is 0 Å². The summed E-state index contributed by atoms with van der Waals surface area (Å²) in [5, 5.41) is 12.0. The van der Waals surface area contributed by atoms with Gasteiger partial charge in [-0.05, 0) is 31.5 Å². The fourth-order valence-corrected chi connectivity index (χ4v) is 4.06. The highest BCUT2D eigenvalue weighted by Gasteiger charge is 2.17. The van der Waals surface area contributed by atoms with Gasteiger partial charge in [-0.15, -0.1) is 10.2 Å². The van der Waals surface area contributed by atoms with Gasteiger partial charge in [0.25, 0.3) is 0 Å². The number of anilines is 1. The molecule has 2 heterocycles. The smallest absolute Gasteiger partial charge is 0.233 e. The molecule has 0 bridgehead atoms. The van der Waals surface area contributed by atoms with E-state index in [1.54, 1.807) is 0 Å². The van der Waals surface area contributed by atoms with E-state index >= 15 is 0 Å². The van der Waals surface area contributed by atoms with Crippen molar-refractivity contribution in [2.75, 3.05) is 31.0 Å². The second-order valence-corrected chi connectivity index (χ2v) is 7.49. The molecule has 1 N–H and O–H groups in total. The van der Waals surface area contributed by atoms with E-state index in [1.807, 2.05) is 36.9 Å². The number of benzene rings is 1. The number of aromatic nitrogens is 2. The van der Waals surface area contributed by atoms with E-state index in [0.717, 1.165) is 33.1 Å². The van der Waals surface area contributed by atoms with E-state index in [1.165, 1.54) is 23.1 Å². The molecule has 0 saturated carbocycles. The Morgan fingerprint density at radius 3 is 2.96 bits per heavy atom. The molecule has 7 nitrogen and oxygen atoms in total.